The minimum Gasteiger partial charge on any atom is -0.389 e. The number of nitrogens with one attached hydrogen (secondary N) is 1. The Labute approximate surface area is 153 Å². The number of piperidine rings is 1. The Bertz CT molecular complexity index is 362. The number of aliphatic hydroxyl groups excluding tert-OH is 1. The molecule has 146 valence electrons. The molecule has 2 heterocycles. The largest absolute Gasteiger partial charge is 0.389 e. The predicted octanol–water partition coefficient (Wildman–Crippen LogP) is 2.32. The SMILES string of the molecule is OC(CNCC1(N2CCCCC2)CCCCC1)COCC1CCCO1. The summed E-state index contributed by atoms with van der Waals surface area (Å²) in [5.41, 5.74) is 0.330. The van der Waals surface area contributed by atoms with Gasteiger partial charge >= 0.3 is 0 Å². The first-order valence-corrected chi connectivity index (χ1v) is 10.6. The van der Waals surface area contributed by atoms with E-state index in [4.69, 9.17) is 9.47 Å². The number of hydrogen-bond donors (Lipinski definition) is 2. The third kappa shape index (κ3) is 5.90. The normalized spacial score (nSPS) is 28.9. The van der Waals surface area contributed by atoms with Crippen molar-refractivity contribution in [2.75, 3.05) is 46.0 Å². The van der Waals surface area contributed by atoms with Gasteiger partial charge in [0.1, 0.15) is 0 Å². The zero-order valence-electron chi connectivity index (χ0n) is 15.9. The maximum atomic E-state index is 10.2. The first-order valence-electron chi connectivity index (χ1n) is 10.6. The van der Waals surface area contributed by atoms with Crippen LogP contribution in [0.1, 0.15) is 64.2 Å². The van der Waals surface area contributed by atoms with E-state index in [0.717, 1.165) is 26.0 Å². The standard InChI is InChI=1S/C20H38N2O3/c23-18(15-24-16-19-8-7-13-25-19)14-21-17-20(9-3-1-4-10-20)22-11-5-2-6-12-22/h18-19,21,23H,1-17H2. The van der Waals surface area contributed by atoms with Gasteiger partial charge in [-0.05, 0) is 51.6 Å². The van der Waals surface area contributed by atoms with Gasteiger partial charge in [0.25, 0.3) is 0 Å². The van der Waals surface area contributed by atoms with Crippen molar-refractivity contribution >= 4 is 0 Å². The third-order valence-corrected chi connectivity index (χ3v) is 6.28. The van der Waals surface area contributed by atoms with Crippen LogP contribution >= 0.6 is 0 Å². The quantitative estimate of drug-likeness (QED) is 0.665. The molecule has 1 saturated carbocycles. The molecule has 5 heteroatoms. The molecular formula is C20H38N2O3. The van der Waals surface area contributed by atoms with Crippen molar-refractivity contribution in [3.8, 4) is 0 Å². The molecule has 0 aromatic heterocycles. The van der Waals surface area contributed by atoms with E-state index in [0.29, 0.717) is 25.3 Å². The van der Waals surface area contributed by atoms with E-state index in [-0.39, 0.29) is 6.10 Å². The van der Waals surface area contributed by atoms with E-state index in [9.17, 15) is 5.11 Å². The lowest BCUT2D eigenvalue weighted by Gasteiger charge is -2.48. The number of hydrogen-bond acceptors (Lipinski definition) is 5. The van der Waals surface area contributed by atoms with E-state index < -0.39 is 6.10 Å². The second kappa shape index (κ2) is 10.2. The summed E-state index contributed by atoms with van der Waals surface area (Å²) >= 11 is 0. The number of likely N-dealkylation sites (tertiary alicyclic amines) is 1. The highest BCUT2D eigenvalue weighted by Crippen LogP contribution is 2.35. The molecule has 0 spiro atoms. The minimum absolute atomic E-state index is 0.241. The van der Waals surface area contributed by atoms with Crippen LogP contribution in [0.4, 0.5) is 0 Å². The topological polar surface area (TPSA) is 54.0 Å². The van der Waals surface area contributed by atoms with Gasteiger partial charge in [0, 0.05) is 25.2 Å². The van der Waals surface area contributed by atoms with Gasteiger partial charge in [-0.1, -0.05) is 25.7 Å². The maximum absolute atomic E-state index is 10.2. The lowest BCUT2D eigenvalue weighted by molar-refractivity contribution is -0.0186. The van der Waals surface area contributed by atoms with Crippen LogP contribution in [-0.4, -0.2) is 73.8 Å². The zero-order valence-corrected chi connectivity index (χ0v) is 15.9. The van der Waals surface area contributed by atoms with Crippen molar-refractivity contribution in [2.45, 2.75) is 82.0 Å². The molecule has 3 aliphatic rings. The Morgan fingerprint density at radius 2 is 1.84 bits per heavy atom. The molecule has 3 rings (SSSR count). The van der Waals surface area contributed by atoms with Crippen LogP contribution < -0.4 is 5.32 Å². The molecule has 3 fully saturated rings. The summed E-state index contributed by atoms with van der Waals surface area (Å²) in [6.07, 6.45) is 12.8. The fourth-order valence-corrected chi connectivity index (χ4v) is 4.82. The van der Waals surface area contributed by atoms with Crippen LogP contribution in [0.25, 0.3) is 0 Å². The van der Waals surface area contributed by atoms with Gasteiger partial charge < -0.3 is 19.9 Å². The molecular weight excluding hydrogens is 316 g/mol. The molecule has 1 aliphatic carbocycles. The molecule has 0 amide bonds. The monoisotopic (exact) mass is 354 g/mol. The van der Waals surface area contributed by atoms with Crippen molar-refractivity contribution in [1.82, 2.24) is 10.2 Å². The van der Waals surface area contributed by atoms with E-state index in [1.54, 1.807) is 0 Å². The molecule has 2 saturated heterocycles. The fourth-order valence-electron chi connectivity index (χ4n) is 4.82. The van der Waals surface area contributed by atoms with Crippen molar-refractivity contribution in [3.63, 3.8) is 0 Å². The van der Waals surface area contributed by atoms with Gasteiger partial charge in [-0.2, -0.15) is 0 Å². The highest BCUT2D eigenvalue weighted by Gasteiger charge is 2.37. The summed E-state index contributed by atoms with van der Waals surface area (Å²) in [6, 6.07) is 0. The van der Waals surface area contributed by atoms with Crippen molar-refractivity contribution in [1.29, 1.82) is 0 Å². The predicted molar refractivity (Wildman–Crippen MR) is 99.9 cm³/mol. The Kier molecular flexibility index (Phi) is 7.99. The van der Waals surface area contributed by atoms with Crippen LogP contribution in [0.3, 0.4) is 0 Å². The number of ether oxygens (including phenoxy) is 2. The van der Waals surface area contributed by atoms with E-state index in [2.05, 4.69) is 10.2 Å². The smallest absolute Gasteiger partial charge is 0.0897 e. The summed E-state index contributed by atoms with van der Waals surface area (Å²) in [5.74, 6) is 0. The highest BCUT2D eigenvalue weighted by molar-refractivity contribution is 4.96. The summed E-state index contributed by atoms with van der Waals surface area (Å²) < 4.78 is 11.2. The molecule has 0 bridgehead atoms. The van der Waals surface area contributed by atoms with Crippen LogP contribution in [0.5, 0.6) is 0 Å². The number of aliphatic hydroxyl groups is 1. The van der Waals surface area contributed by atoms with E-state index in [1.807, 2.05) is 0 Å². The molecule has 2 aliphatic heterocycles. The van der Waals surface area contributed by atoms with Gasteiger partial charge in [-0.15, -0.1) is 0 Å². The molecule has 2 N–H and O–H groups in total. The molecule has 2 unspecified atom stereocenters. The first-order chi connectivity index (χ1) is 12.3. The van der Waals surface area contributed by atoms with E-state index >= 15 is 0 Å². The highest BCUT2D eigenvalue weighted by atomic mass is 16.5. The van der Waals surface area contributed by atoms with Gasteiger partial charge in [0.05, 0.1) is 25.4 Å². The Hall–Kier alpha value is -0.200. The molecule has 0 radical (unpaired) electrons. The van der Waals surface area contributed by atoms with Gasteiger partial charge in [-0.3, -0.25) is 4.90 Å². The third-order valence-electron chi connectivity index (χ3n) is 6.28. The van der Waals surface area contributed by atoms with Crippen LogP contribution in [0, 0.1) is 0 Å². The summed E-state index contributed by atoms with van der Waals surface area (Å²) in [4.78, 5) is 2.75. The Morgan fingerprint density at radius 3 is 2.56 bits per heavy atom. The molecule has 2 atom stereocenters. The number of nitrogens with zero attached hydrogens (tertiary/aromatic N) is 1. The fraction of sp³-hybridized carbons (Fsp3) is 1.00. The van der Waals surface area contributed by atoms with Gasteiger partial charge in [0.2, 0.25) is 0 Å². The summed E-state index contributed by atoms with van der Waals surface area (Å²) in [6.45, 7) is 6.04. The Morgan fingerprint density at radius 1 is 1.08 bits per heavy atom. The van der Waals surface area contributed by atoms with Crippen molar-refractivity contribution in [3.05, 3.63) is 0 Å². The average Bonchev–Trinajstić information content (AvgIpc) is 3.17. The molecule has 0 aromatic rings. The number of rotatable bonds is 9. The van der Waals surface area contributed by atoms with Crippen LogP contribution in [0.2, 0.25) is 0 Å². The lowest BCUT2D eigenvalue weighted by atomic mass is 9.79. The lowest BCUT2D eigenvalue weighted by Crippen LogP contribution is -2.58. The summed E-state index contributed by atoms with van der Waals surface area (Å²) in [5, 5.41) is 13.8. The minimum atomic E-state index is -0.427. The van der Waals surface area contributed by atoms with Crippen LogP contribution in [-0.2, 0) is 9.47 Å². The maximum Gasteiger partial charge on any atom is 0.0897 e. The van der Waals surface area contributed by atoms with Gasteiger partial charge in [-0.25, -0.2) is 0 Å². The molecule has 5 nitrogen and oxygen atoms in total. The second-order valence-corrected chi connectivity index (χ2v) is 8.29. The van der Waals surface area contributed by atoms with E-state index in [1.165, 1.54) is 64.5 Å². The molecule has 25 heavy (non-hydrogen) atoms. The first kappa shape index (κ1) is 19.6. The zero-order chi connectivity index (χ0) is 17.4. The average molecular weight is 355 g/mol. The van der Waals surface area contributed by atoms with Crippen molar-refractivity contribution in [2.24, 2.45) is 0 Å². The van der Waals surface area contributed by atoms with Crippen LogP contribution in [0.15, 0.2) is 0 Å². The Balaban J connectivity index is 1.36. The second-order valence-electron chi connectivity index (χ2n) is 8.29. The molecule has 0 aromatic carbocycles. The summed E-state index contributed by atoms with van der Waals surface area (Å²) in [7, 11) is 0. The van der Waals surface area contributed by atoms with Gasteiger partial charge in [0.15, 0.2) is 0 Å². The van der Waals surface area contributed by atoms with Crippen molar-refractivity contribution < 1.29 is 14.6 Å².